The molecule has 21 heavy (non-hydrogen) atoms. The Labute approximate surface area is 133 Å². The number of aryl methyl sites for hydroxylation is 1. The van der Waals surface area contributed by atoms with Gasteiger partial charge < -0.3 is 4.57 Å². The quantitative estimate of drug-likeness (QED) is 0.856. The molecule has 0 aliphatic carbocycles. The smallest absolute Gasteiger partial charge is 0.207 e. The van der Waals surface area contributed by atoms with E-state index in [1.807, 2.05) is 28.5 Å². The number of halogens is 1. The monoisotopic (exact) mass is 320 g/mol. The number of thioether (sulfide) groups is 1. The minimum absolute atomic E-state index is 0.158. The maximum Gasteiger partial charge on any atom is 0.207 e. The summed E-state index contributed by atoms with van der Waals surface area (Å²) < 4.78 is 2.15. The molecule has 5 heteroatoms. The van der Waals surface area contributed by atoms with Crippen LogP contribution in [0.4, 0.5) is 0 Å². The lowest BCUT2D eigenvalue weighted by atomic mass is 10.1. The first-order valence-electron chi connectivity index (χ1n) is 6.68. The fourth-order valence-corrected chi connectivity index (χ4v) is 3.16. The van der Waals surface area contributed by atoms with Crippen LogP contribution in [-0.2, 0) is 6.54 Å². The highest BCUT2D eigenvalue weighted by atomic mass is 35.5. The second kappa shape index (κ2) is 6.13. The Bertz CT molecular complexity index is 769. The zero-order valence-corrected chi connectivity index (χ0v) is 13.9. The molecule has 0 radical (unpaired) electrons. The predicted molar refractivity (Wildman–Crippen MR) is 90.1 cm³/mol. The molecule has 110 valence electrons. The number of fused-ring (bicyclic) bond motifs is 1. The zero-order valence-electron chi connectivity index (χ0n) is 12.3. The highest BCUT2D eigenvalue weighted by molar-refractivity contribution is 8.00. The van der Waals surface area contributed by atoms with E-state index >= 15 is 0 Å². The lowest BCUT2D eigenvalue weighted by molar-refractivity contribution is 0.768. The number of hydrogen-bond acceptors (Lipinski definition) is 3. The summed E-state index contributed by atoms with van der Waals surface area (Å²) in [6.45, 7) is 7.25. The molecule has 0 saturated carbocycles. The summed E-state index contributed by atoms with van der Waals surface area (Å²) in [4.78, 5) is 12.2. The Morgan fingerprint density at radius 2 is 2.10 bits per heavy atom. The fraction of sp³-hybridized carbons (Fsp3) is 0.375. The van der Waals surface area contributed by atoms with E-state index in [1.165, 1.54) is 0 Å². The molecule has 0 aliphatic rings. The van der Waals surface area contributed by atoms with Crippen LogP contribution in [0, 0.1) is 11.3 Å². The van der Waals surface area contributed by atoms with Gasteiger partial charge in [0.05, 0.1) is 5.52 Å². The van der Waals surface area contributed by atoms with Crippen molar-refractivity contribution in [1.82, 2.24) is 4.57 Å². The highest BCUT2D eigenvalue weighted by Gasteiger charge is 2.12. The van der Waals surface area contributed by atoms with Gasteiger partial charge in [-0.05, 0) is 18.2 Å². The van der Waals surface area contributed by atoms with Gasteiger partial charge in [0.1, 0.15) is 11.6 Å². The topological polar surface area (TPSA) is 45.8 Å². The first-order valence-corrected chi connectivity index (χ1v) is 8.05. The molecule has 2 aromatic rings. The van der Waals surface area contributed by atoms with Gasteiger partial charge in [0.25, 0.3) is 0 Å². The molecule has 0 N–H and O–H groups in total. The minimum Gasteiger partial charge on any atom is -0.345 e. The summed E-state index contributed by atoms with van der Waals surface area (Å²) in [5.41, 5.74) is 0.721. The number of rotatable bonds is 3. The summed E-state index contributed by atoms with van der Waals surface area (Å²) >= 11 is 7.82. The van der Waals surface area contributed by atoms with Crippen molar-refractivity contribution in [2.24, 2.45) is 0 Å². The van der Waals surface area contributed by atoms with E-state index in [4.69, 9.17) is 16.9 Å². The van der Waals surface area contributed by atoms with Crippen molar-refractivity contribution in [3.05, 3.63) is 45.2 Å². The molecule has 0 fully saturated rings. The maximum atomic E-state index is 12.2. The summed E-state index contributed by atoms with van der Waals surface area (Å²) in [7, 11) is 0. The fourth-order valence-electron chi connectivity index (χ4n) is 2.08. The Kier molecular flexibility index (Phi) is 4.65. The van der Waals surface area contributed by atoms with E-state index in [1.54, 1.807) is 18.3 Å². The van der Waals surface area contributed by atoms with Gasteiger partial charge in [-0.1, -0.05) is 32.4 Å². The van der Waals surface area contributed by atoms with Crippen LogP contribution >= 0.6 is 23.4 Å². The average Bonchev–Trinajstić information content (AvgIpc) is 2.40. The maximum absolute atomic E-state index is 12.2. The predicted octanol–water partition coefficient (Wildman–Crippen LogP) is 4.06. The zero-order chi connectivity index (χ0) is 15.6. The van der Waals surface area contributed by atoms with E-state index in [-0.39, 0.29) is 15.7 Å². The number of nitrogens with zero attached hydrogens (tertiary/aromatic N) is 2. The second-order valence-electron chi connectivity index (χ2n) is 5.80. The summed E-state index contributed by atoms with van der Waals surface area (Å²) in [6.07, 6.45) is 1.64. The number of hydrogen-bond donors (Lipinski definition) is 0. The Hall–Kier alpha value is -1.44. The molecule has 3 nitrogen and oxygen atoms in total. The van der Waals surface area contributed by atoms with Crippen LogP contribution in [0.15, 0.2) is 29.2 Å². The minimum atomic E-state index is -0.255. The Balaban J connectivity index is 2.46. The third-order valence-electron chi connectivity index (χ3n) is 3.03. The number of pyridine rings is 1. The normalized spacial score (nSPS) is 11.6. The van der Waals surface area contributed by atoms with E-state index < -0.39 is 0 Å². The molecule has 0 atom stereocenters. The van der Waals surface area contributed by atoms with Crippen molar-refractivity contribution < 1.29 is 0 Å². The van der Waals surface area contributed by atoms with Crippen LogP contribution in [0.1, 0.15) is 26.3 Å². The molecule has 1 aromatic carbocycles. The van der Waals surface area contributed by atoms with E-state index in [0.29, 0.717) is 10.4 Å². The lowest BCUT2D eigenvalue weighted by Crippen LogP contribution is -2.15. The molecular formula is C16H17ClN2OS. The van der Waals surface area contributed by atoms with Crippen LogP contribution in [0.25, 0.3) is 10.9 Å². The largest absolute Gasteiger partial charge is 0.345 e. The van der Waals surface area contributed by atoms with Gasteiger partial charge in [-0.15, -0.1) is 0 Å². The molecule has 0 aliphatic heterocycles. The van der Waals surface area contributed by atoms with Gasteiger partial charge in [-0.3, -0.25) is 4.79 Å². The van der Waals surface area contributed by atoms with Gasteiger partial charge in [0.2, 0.25) is 5.43 Å². The molecule has 1 heterocycles. The third kappa shape index (κ3) is 3.81. The first kappa shape index (κ1) is 15.9. The van der Waals surface area contributed by atoms with Gasteiger partial charge in [0.15, 0.2) is 0 Å². The van der Waals surface area contributed by atoms with E-state index in [0.717, 1.165) is 17.8 Å². The second-order valence-corrected chi connectivity index (χ2v) is 8.16. The molecule has 0 saturated heterocycles. The number of nitriles is 1. The summed E-state index contributed by atoms with van der Waals surface area (Å²) in [6, 6.07) is 7.21. The molecule has 2 rings (SSSR count). The molecule has 0 amide bonds. The average molecular weight is 321 g/mol. The van der Waals surface area contributed by atoms with Crippen molar-refractivity contribution in [3.63, 3.8) is 0 Å². The Morgan fingerprint density at radius 1 is 1.38 bits per heavy atom. The standard InChI is InChI=1S/C16H17ClN2OS/c1-16(2,3)21-7-6-19-10-11(9-18)15(20)13-8-12(17)4-5-14(13)19/h4-5,8,10H,6-7H2,1-3H3. The number of benzene rings is 1. The summed E-state index contributed by atoms with van der Waals surface area (Å²) in [5, 5.41) is 10.1. The van der Waals surface area contributed by atoms with Crippen LogP contribution in [0.5, 0.6) is 0 Å². The van der Waals surface area contributed by atoms with Crippen molar-refractivity contribution in [2.45, 2.75) is 32.1 Å². The van der Waals surface area contributed by atoms with Crippen LogP contribution in [-0.4, -0.2) is 15.1 Å². The number of aromatic nitrogens is 1. The van der Waals surface area contributed by atoms with E-state index in [9.17, 15) is 4.79 Å². The van der Waals surface area contributed by atoms with Crippen molar-refractivity contribution in [1.29, 1.82) is 5.26 Å². The lowest BCUT2D eigenvalue weighted by Gasteiger charge is -2.19. The van der Waals surface area contributed by atoms with Crippen LogP contribution in [0.3, 0.4) is 0 Å². The molecule has 0 unspecified atom stereocenters. The van der Waals surface area contributed by atoms with Gasteiger partial charge in [0, 0.05) is 33.7 Å². The van der Waals surface area contributed by atoms with E-state index in [2.05, 4.69) is 20.8 Å². The SMILES string of the molecule is CC(C)(C)SCCn1cc(C#N)c(=O)c2cc(Cl)ccc21. The molecule has 0 spiro atoms. The van der Waals surface area contributed by atoms with Crippen molar-refractivity contribution in [3.8, 4) is 6.07 Å². The molecule has 1 aromatic heterocycles. The first-order chi connectivity index (χ1) is 9.81. The van der Waals surface area contributed by atoms with Crippen LogP contribution in [0.2, 0.25) is 5.02 Å². The van der Waals surface area contributed by atoms with Gasteiger partial charge in [-0.25, -0.2) is 0 Å². The Morgan fingerprint density at radius 3 is 2.71 bits per heavy atom. The van der Waals surface area contributed by atoms with Crippen molar-refractivity contribution >= 4 is 34.3 Å². The van der Waals surface area contributed by atoms with Crippen molar-refractivity contribution in [2.75, 3.05) is 5.75 Å². The molecular weight excluding hydrogens is 304 g/mol. The summed E-state index contributed by atoms with van der Waals surface area (Å²) in [5.74, 6) is 0.912. The highest BCUT2D eigenvalue weighted by Crippen LogP contribution is 2.24. The third-order valence-corrected chi connectivity index (χ3v) is 4.52. The van der Waals surface area contributed by atoms with Gasteiger partial charge >= 0.3 is 0 Å². The van der Waals surface area contributed by atoms with Gasteiger partial charge in [-0.2, -0.15) is 17.0 Å². The molecule has 0 bridgehead atoms. The van der Waals surface area contributed by atoms with Crippen LogP contribution < -0.4 is 5.43 Å².